The number of carbonyl (C=O) groups excluding carboxylic acids is 1. The average Bonchev–Trinajstić information content (AvgIpc) is 3.34. The monoisotopic (exact) mass is 432 g/mol. The van der Waals surface area contributed by atoms with Gasteiger partial charge in [0.25, 0.3) is 5.91 Å². The van der Waals surface area contributed by atoms with E-state index < -0.39 is 20.5 Å². The molecule has 0 bridgehead atoms. The molecule has 160 valence electrons. The van der Waals surface area contributed by atoms with Crippen molar-refractivity contribution in [2.75, 3.05) is 31.2 Å². The van der Waals surface area contributed by atoms with Gasteiger partial charge in [0.15, 0.2) is 14.6 Å². The summed E-state index contributed by atoms with van der Waals surface area (Å²) in [5.41, 5.74) is 2.88. The molecule has 0 radical (unpaired) electrons. The molecule has 30 heavy (non-hydrogen) atoms. The fourth-order valence-corrected chi connectivity index (χ4v) is 5.97. The normalized spacial score (nSPS) is 18.9. The maximum absolute atomic E-state index is 13.3. The molecule has 0 saturated carbocycles. The molecule has 0 spiro atoms. The number of ether oxygens (including phenoxy) is 1. The van der Waals surface area contributed by atoms with Gasteiger partial charge in [-0.05, 0) is 37.8 Å². The SMILES string of the molecule is O=C(NO)C1(S(=O)(=O)c2ccc(-c3cnc(N4CCCC4)cn3)cc2)CCOCC1. The highest BCUT2D eigenvalue weighted by molar-refractivity contribution is 7.93. The van der Waals surface area contributed by atoms with E-state index in [1.54, 1.807) is 24.5 Å². The Bertz CT molecular complexity index is 996. The molecule has 2 saturated heterocycles. The average molecular weight is 433 g/mol. The molecule has 2 fully saturated rings. The van der Waals surface area contributed by atoms with Crippen LogP contribution in [-0.4, -0.2) is 60.6 Å². The highest BCUT2D eigenvalue weighted by atomic mass is 32.2. The zero-order valence-electron chi connectivity index (χ0n) is 16.5. The lowest BCUT2D eigenvalue weighted by Gasteiger charge is -2.34. The molecule has 0 atom stereocenters. The van der Waals surface area contributed by atoms with Gasteiger partial charge >= 0.3 is 0 Å². The zero-order valence-corrected chi connectivity index (χ0v) is 17.3. The van der Waals surface area contributed by atoms with E-state index in [1.807, 2.05) is 0 Å². The van der Waals surface area contributed by atoms with Gasteiger partial charge in [-0.15, -0.1) is 0 Å². The van der Waals surface area contributed by atoms with Crippen LogP contribution in [0.2, 0.25) is 0 Å². The van der Waals surface area contributed by atoms with Gasteiger partial charge in [0.2, 0.25) is 0 Å². The van der Waals surface area contributed by atoms with E-state index in [2.05, 4.69) is 14.9 Å². The Morgan fingerprint density at radius 1 is 1.07 bits per heavy atom. The molecular weight excluding hydrogens is 408 g/mol. The Morgan fingerprint density at radius 2 is 1.73 bits per heavy atom. The lowest BCUT2D eigenvalue weighted by atomic mass is 9.98. The van der Waals surface area contributed by atoms with Crippen LogP contribution in [0.3, 0.4) is 0 Å². The number of anilines is 1. The van der Waals surface area contributed by atoms with Crippen LogP contribution < -0.4 is 10.4 Å². The Kier molecular flexibility index (Phi) is 5.72. The Labute approximate surface area is 175 Å². The summed E-state index contributed by atoms with van der Waals surface area (Å²) >= 11 is 0. The van der Waals surface area contributed by atoms with Crippen LogP contribution in [0, 0.1) is 0 Å². The van der Waals surface area contributed by atoms with Crippen LogP contribution in [0.5, 0.6) is 0 Å². The van der Waals surface area contributed by atoms with Crippen molar-refractivity contribution >= 4 is 21.6 Å². The number of hydroxylamine groups is 1. The second-order valence-corrected chi connectivity index (χ2v) is 9.79. The molecule has 0 aliphatic carbocycles. The van der Waals surface area contributed by atoms with Crippen molar-refractivity contribution in [2.24, 2.45) is 0 Å². The number of nitrogens with one attached hydrogen (secondary N) is 1. The second kappa shape index (κ2) is 8.29. The van der Waals surface area contributed by atoms with E-state index in [4.69, 9.17) is 9.94 Å². The van der Waals surface area contributed by atoms with Crippen molar-refractivity contribution in [3.63, 3.8) is 0 Å². The highest BCUT2D eigenvalue weighted by Gasteiger charge is 2.52. The van der Waals surface area contributed by atoms with Crippen molar-refractivity contribution in [3.8, 4) is 11.3 Å². The summed E-state index contributed by atoms with van der Waals surface area (Å²) in [6.07, 6.45) is 5.67. The lowest BCUT2D eigenvalue weighted by Crippen LogP contribution is -2.54. The predicted octanol–water partition coefficient (Wildman–Crippen LogP) is 1.57. The lowest BCUT2D eigenvalue weighted by molar-refractivity contribution is -0.134. The third-order valence-corrected chi connectivity index (χ3v) is 8.37. The molecule has 10 heteroatoms. The van der Waals surface area contributed by atoms with E-state index in [0.717, 1.165) is 37.3 Å². The maximum Gasteiger partial charge on any atom is 0.265 e. The summed E-state index contributed by atoms with van der Waals surface area (Å²) in [7, 11) is -4.05. The van der Waals surface area contributed by atoms with Crippen molar-refractivity contribution in [1.82, 2.24) is 15.4 Å². The summed E-state index contributed by atoms with van der Waals surface area (Å²) in [5, 5.41) is 9.13. The minimum Gasteiger partial charge on any atom is -0.381 e. The molecule has 2 N–H and O–H groups in total. The molecule has 3 heterocycles. The van der Waals surface area contributed by atoms with Gasteiger partial charge in [-0.2, -0.15) is 0 Å². The van der Waals surface area contributed by atoms with Crippen molar-refractivity contribution < 1.29 is 23.2 Å². The number of amides is 1. The van der Waals surface area contributed by atoms with E-state index in [0.29, 0.717) is 5.69 Å². The van der Waals surface area contributed by atoms with Gasteiger partial charge in [-0.25, -0.2) is 18.9 Å². The molecule has 4 rings (SSSR count). The Balaban J connectivity index is 1.60. The first-order chi connectivity index (χ1) is 14.5. The number of benzene rings is 1. The Hall–Kier alpha value is -2.56. The molecule has 1 aromatic heterocycles. The maximum atomic E-state index is 13.3. The highest BCUT2D eigenvalue weighted by Crippen LogP contribution is 2.36. The van der Waals surface area contributed by atoms with E-state index in [9.17, 15) is 13.2 Å². The fourth-order valence-electron chi connectivity index (χ4n) is 4.03. The number of hydrogen-bond acceptors (Lipinski definition) is 8. The van der Waals surface area contributed by atoms with Crippen LogP contribution in [0.4, 0.5) is 5.82 Å². The van der Waals surface area contributed by atoms with E-state index in [-0.39, 0.29) is 31.0 Å². The molecular formula is C20H24N4O5S. The van der Waals surface area contributed by atoms with Crippen LogP contribution in [0.1, 0.15) is 25.7 Å². The van der Waals surface area contributed by atoms with E-state index >= 15 is 0 Å². The number of carbonyl (C=O) groups is 1. The smallest absolute Gasteiger partial charge is 0.265 e. The first-order valence-corrected chi connectivity index (χ1v) is 11.4. The molecule has 2 aromatic rings. The summed E-state index contributed by atoms with van der Waals surface area (Å²) in [5.74, 6) is -0.0924. The molecule has 1 amide bonds. The van der Waals surface area contributed by atoms with Crippen LogP contribution >= 0.6 is 0 Å². The summed E-state index contributed by atoms with van der Waals surface area (Å²) in [6.45, 7) is 2.22. The number of hydrogen-bond donors (Lipinski definition) is 2. The quantitative estimate of drug-likeness (QED) is 0.539. The third kappa shape index (κ3) is 3.55. The fraction of sp³-hybridized carbons (Fsp3) is 0.450. The Morgan fingerprint density at radius 3 is 2.30 bits per heavy atom. The molecule has 2 aliphatic heterocycles. The van der Waals surface area contributed by atoms with Gasteiger partial charge in [0, 0.05) is 31.9 Å². The topological polar surface area (TPSA) is 122 Å². The van der Waals surface area contributed by atoms with Gasteiger partial charge in [-0.3, -0.25) is 15.0 Å². The molecule has 2 aliphatic rings. The molecule has 0 unspecified atom stereocenters. The zero-order chi connectivity index (χ0) is 21.2. The summed E-state index contributed by atoms with van der Waals surface area (Å²) < 4.78 is 30.1. The first-order valence-electron chi connectivity index (χ1n) is 9.92. The molecule has 1 aromatic carbocycles. The van der Waals surface area contributed by atoms with Crippen LogP contribution in [0.15, 0.2) is 41.6 Å². The number of aromatic nitrogens is 2. The summed E-state index contributed by atoms with van der Waals surface area (Å²) in [6, 6.07) is 6.22. The number of rotatable bonds is 5. The van der Waals surface area contributed by atoms with Crippen molar-refractivity contribution in [3.05, 3.63) is 36.7 Å². The largest absolute Gasteiger partial charge is 0.381 e. The summed E-state index contributed by atoms with van der Waals surface area (Å²) in [4.78, 5) is 23.5. The van der Waals surface area contributed by atoms with Gasteiger partial charge in [0.05, 0.1) is 23.0 Å². The standard InChI is InChI=1S/C20H24N4O5S/c25-19(23-26)20(7-11-29-12-8-20)30(27,28)16-5-3-15(4-6-16)17-13-22-18(14-21-17)24-9-1-2-10-24/h3-6,13-14,26H,1-2,7-12H2,(H,23,25). The molecule has 9 nitrogen and oxygen atoms in total. The predicted molar refractivity (Wildman–Crippen MR) is 109 cm³/mol. The van der Waals surface area contributed by atoms with Crippen molar-refractivity contribution in [2.45, 2.75) is 35.3 Å². The van der Waals surface area contributed by atoms with Gasteiger partial charge in [0.1, 0.15) is 5.82 Å². The number of nitrogens with zero attached hydrogens (tertiary/aromatic N) is 3. The van der Waals surface area contributed by atoms with Gasteiger partial charge in [-0.1, -0.05) is 12.1 Å². The number of sulfone groups is 1. The second-order valence-electron chi connectivity index (χ2n) is 7.53. The third-order valence-electron chi connectivity index (χ3n) is 5.86. The minimum atomic E-state index is -4.05. The minimum absolute atomic E-state index is 0.0124. The van der Waals surface area contributed by atoms with E-state index in [1.165, 1.54) is 17.6 Å². The van der Waals surface area contributed by atoms with Crippen molar-refractivity contribution in [1.29, 1.82) is 0 Å². The van der Waals surface area contributed by atoms with Crippen LogP contribution in [-0.2, 0) is 19.4 Å². The van der Waals surface area contributed by atoms with Crippen LogP contribution in [0.25, 0.3) is 11.3 Å². The van der Waals surface area contributed by atoms with Gasteiger partial charge < -0.3 is 9.64 Å². The first kappa shape index (κ1) is 20.7.